The highest BCUT2D eigenvalue weighted by Gasteiger charge is 2.59. The Morgan fingerprint density at radius 2 is 1.76 bits per heavy atom. The zero-order chi connectivity index (χ0) is 27.3. The second kappa shape index (κ2) is 10.5. The maximum Gasteiger partial charge on any atom is 0.303 e. The van der Waals surface area contributed by atoms with Crippen LogP contribution in [-0.4, -0.2) is 87.6 Å². The van der Waals surface area contributed by atoms with Gasteiger partial charge in [0.1, 0.15) is 30.5 Å². The Balaban J connectivity index is 1.52. The highest BCUT2D eigenvalue weighted by molar-refractivity contribution is 5.66. The molecule has 3 fully saturated rings. The normalized spacial score (nSPS) is 46.3. The van der Waals surface area contributed by atoms with Crippen LogP contribution >= 0.6 is 0 Å². The van der Waals surface area contributed by atoms with E-state index in [1.807, 2.05) is 0 Å². The first-order valence-corrected chi connectivity index (χ1v) is 13.7. The first-order valence-electron chi connectivity index (χ1n) is 13.7. The van der Waals surface area contributed by atoms with E-state index in [2.05, 4.69) is 33.8 Å². The van der Waals surface area contributed by atoms with Crippen molar-refractivity contribution in [2.24, 2.45) is 28.1 Å². The van der Waals surface area contributed by atoms with Crippen molar-refractivity contribution in [3.05, 3.63) is 11.6 Å². The van der Waals surface area contributed by atoms with Crippen molar-refractivity contribution >= 4 is 5.97 Å². The second-order valence-electron chi connectivity index (χ2n) is 12.9. The molecule has 0 unspecified atom stereocenters. The molecular formula is C28H46O9. The fourth-order valence-electron chi connectivity index (χ4n) is 8.15. The molecule has 4 rings (SSSR count). The summed E-state index contributed by atoms with van der Waals surface area (Å²) >= 11 is 0. The first kappa shape index (κ1) is 28.9. The summed E-state index contributed by atoms with van der Waals surface area (Å²) in [5, 5.41) is 50.4. The largest absolute Gasteiger partial charge is 0.459 e. The van der Waals surface area contributed by atoms with Crippen LogP contribution < -0.4 is 0 Å². The van der Waals surface area contributed by atoms with E-state index < -0.39 is 48.8 Å². The van der Waals surface area contributed by atoms with Crippen LogP contribution in [0.25, 0.3) is 0 Å². The molecule has 0 aromatic carbocycles. The van der Waals surface area contributed by atoms with Gasteiger partial charge in [-0.15, -0.1) is 0 Å². The van der Waals surface area contributed by atoms with E-state index in [1.165, 1.54) is 12.5 Å². The molecule has 9 nitrogen and oxygen atoms in total. The maximum absolute atomic E-state index is 11.6. The molecule has 3 aliphatic carbocycles. The van der Waals surface area contributed by atoms with E-state index in [0.29, 0.717) is 11.8 Å². The molecule has 0 aromatic rings. The molecule has 37 heavy (non-hydrogen) atoms. The molecule has 1 aliphatic heterocycles. The summed E-state index contributed by atoms with van der Waals surface area (Å²) in [6, 6.07) is 0. The summed E-state index contributed by atoms with van der Waals surface area (Å²) < 4.78 is 17.5. The summed E-state index contributed by atoms with van der Waals surface area (Å²) in [6.07, 6.45) is 0.457. The Bertz CT molecular complexity index is 872. The predicted molar refractivity (Wildman–Crippen MR) is 134 cm³/mol. The van der Waals surface area contributed by atoms with Gasteiger partial charge in [0.25, 0.3) is 0 Å². The van der Waals surface area contributed by atoms with Gasteiger partial charge in [0, 0.05) is 12.3 Å². The van der Waals surface area contributed by atoms with E-state index >= 15 is 0 Å². The molecular weight excluding hydrogens is 480 g/mol. The third-order valence-electron chi connectivity index (χ3n) is 10.3. The minimum Gasteiger partial charge on any atom is -0.459 e. The molecule has 0 bridgehead atoms. The quantitative estimate of drug-likeness (QED) is 0.198. The number of esters is 1. The SMILES string of the molecule is CC(=O)O[C@@H](CO)[C@]1(C)C=C2CC[C@@H]3C(C)(C)[C@H](O[C@H]4O[C@H](CO)[C@@H](O)[C@H](O)[C@H]4O)CC[C@@]3(C)[C@@H]2CC1. The monoisotopic (exact) mass is 526 g/mol. The molecule has 0 radical (unpaired) electrons. The van der Waals surface area contributed by atoms with E-state index in [9.17, 15) is 30.3 Å². The average Bonchev–Trinajstić information content (AvgIpc) is 2.83. The smallest absolute Gasteiger partial charge is 0.303 e. The highest BCUT2D eigenvalue weighted by Crippen LogP contribution is 2.64. The lowest BCUT2D eigenvalue weighted by molar-refractivity contribution is -0.327. The Hall–Kier alpha value is -1.07. The maximum atomic E-state index is 11.6. The molecule has 11 atom stereocenters. The Morgan fingerprint density at radius 1 is 1.05 bits per heavy atom. The van der Waals surface area contributed by atoms with Crippen LogP contribution in [0.3, 0.4) is 0 Å². The predicted octanol–water partition coefficient (Wildman–Crippen LogP) is 1.67. The molecule has 1 heterocycles. The minimum absolute atomic E-state index is 0.0420. The number of carbonyl (C=O) groups excluding carboxylic acids is 1. The van der Waals surface area contributed by atoms with Crippen molar-refractivity contribution in [1.82, 2.24) is 0 Å². The lowest BCUT2D eigenvalue weighted by atomic mass is 9.45. The van der Waals surface area contributed by atoms with E-state index in [0.717, 1.165) is 38.5 Å². The number of hydrogen-bond acceptors (Lipinski definition) is 9. The third kappa shape index (κ3) is 5.01. The average molecular weight is 527 g/mol. The van der Waals surface area contributed by atoms with Crippen molar-refractivity contribution in [3.8, 4) is 0 Å². The van der Waals surface area contributed by atoms with Gasteiger partial charge in [-0.05, 0) is 61.2 Å². The van der Waals surface area contributed by atoms with Gasteiger partial charge in [-0.2, -0.15) is 0 Å². The number of allylic oxidation sites excluding steroid dienone is 1. The fraction of sp³-hybridized carbons (Fsp3) is 0.893. The van der Waals surface area contributed by atoms with Gasteiger partial charge in [0.2, 0.25) is 0 Å². The Labute approximate surface area is 219 Å². The van der Waals surface area contributed by atoms with Gasteiger partial charge in [-0.3, -0.25) is 4.79 Å². The summed E-state index contributed by atoms with van der Waals surface area (Å²) in [4.78, 5) is 11.6. The molecule has 5 N–H and O–H groups in total. The molecule has 1 saturated heterocycles. The van der Waals surface area contributed by atoms with Gasteiger partial charge < -0.3 is 39.7 Å². The van der Waals surface area contributed by atoms with E-state index in [-0.39, 0.29) is 29.5 Å². The van der Waals surface area contributed by atoms with Crippen molar-refractivity contribution in [1.29, 1.82) is 0 Å². The van der Waals surface area contributed by atoms with Crippen LogP contribution in [0, 0.1) is 28.1 Å². The number of aliphatic hydroxyl groups excluding tert-OH is 5. The minimum atomic E-state index is -1.46. The number of rotatable bonds is 6. The number of hydrogen-bond donors (Lipinski definition) is 5. The van der Waals surface area contributed by atoms with Crippen LogP contribution in [-0.2, 0) is 19.0 Å². The number of aliphatic hydroxyl groups is 5. The lowest BCUT2D eigenvalue weighted by Gasteiger charge is -2.62. The molecule has 0 spiro atoms. The van der Waals surface area contributed by atoms with Gasteiger partial charge in [0.15, 0.2) is 6.29 Å². The molecule has 9 heteroatoms. The van der Waals surface area contributed by atoms with E-state index in [4.69, 9.17) is 14.2 Å². The van der Waals surface area contributed by atoms with Crippen LogP contribution in [0.1, 0.15) is 73.1 Å². The van der Waals surface area contributed by atoms with Crippen molar-refractivity contribution < 1.29 is 44.5 Å². The van der Waals surface area contributed by atoms with Crippen molar-refractivity contribution in [2.75, 3.05) is 13.2 Å². The van der Waals surface area contributed by atoms with Crippen LogP contribution in [0.5, 0.6) is 0 Å². The molecule has 2 saturated carbocycles. The van der Waals surface area contributed by atoms with Gasteiger partial charge >= 0.3 is 5.97 Å². The Morgan fingerprint density at radius 3 is 2.38 bits per heavy atom. The fourth-order valence-corrected chi connectivity index (χ4v) is 8.15. The van der Waals surface area contributed by atoms with Gasteiger partial charge in [0.05, 0.1) is 19.3 Å². The molecule has 0 amide bonds. The topological polar surface area (TPSA) is 146 Å². The summed E-state index contributed by atoms with van der Waals surface area (Å²) in [6.45, 7) is 9.55. The van der Waals surface area contributed by atoms with Crippen LogP contribution in [0.4, 0.5) is 0 Å². The molecule has 0 aromatic heterocycles. The molecule has 212 valence electrons. The van der Waals surface area contributed by atoms with Crippen LogP contribution in [0.2, 0.25) is 0 Å². The zero-order valence-corrected chi connectivity index (χ0v) is 22.8. The number of carbonyl (C=O) groups is 1. The highest BCUT2D eigenvalue weighted by atomic mass is 16.7. The summed E-state index contributed by atoms with van der Waals surface area (Å²) in [7, 11) is 0. The standard InChI is InChI=1S/C28H46O9/c1-15(31)35-21(14-30)27(4)10-8-17-16(12-27)6-7-19-26(2,3)20(9-11-28(17,19)5)37-25-24(34)23(33)22(32)18(13-29)36-25/h12,17-25,29-30,32-34H,6-11,13-14H2,1-5H3/t17-,18-,19-,20-,21+,22-,23+,24-,25-,27+,28+/m1/s1. The van der Waals surface area contributed by atoms with Crippen LogP contribution in [0.15, 0.2) is 11.6 Å². The van der Waals surface area contributed by atoms with Crippen molar-refractivity contribution in [3.63, 3.8) is 0 Å². The molecule has 4 aliphatic rings. The first-order chi connectivity index (χ1) is 17.3. The van der Waals surface area contributed by atoms with Crippen molar-refractivity contribution in [2.45, 2.75) is 116 Å². The third-order valence-corrected chi connectivity index (χ3v) is 10.3. The van der Waals surface area contributed by atoms with Gasteiger partial charge in [-0.1, -0.05) is 39.3 Å². The van der Waals surface area contributed by atoms with Gasteiger partial charge in [-0.25, -0.2) is 0 Å². The number of fused-ring (bicyclic) bond motifs is 3. The van der Waals surface area contributed by atoms with E-state index in [1.54, 1.807) is 0 Å². The summed E-state index contributed by atoms with van der Waals surface area (Å²) in [5.41, 5.74) is 0.792. The lowest BCUT2D eigenvalue weighted by Crippen LogP contribution is -2.62. The summed E-state index contributed by atoms with van der Waals surface area (Å²) in [5.74, 6) is 0.358. The second-order valence-corrected chi connectivity index (χ2v) is 12.9. The zero-order valence-electron chi connectivity index (χ0n) is 22.8. The Kier molecular flexibility index (Phi) is 8.20. The number of ether oxygens (including phenoxy) is 3.